The molecule has 1 aromatic heterocycles. The van der Waals surface area contributed by atoms with Crippen LogP contribution in [-0.4, -0.2) is 35.9 Å². The molecule has 0 spiro atoms. The highest BCUT2D eigenvalue weighted by Gasteiger charge is 2.06. The van der Waals surface area contributed by atoms with Crippen molar-refractivity contribution < 1.29 is 9.53 Å². The van der Waals surface area contributed by atoms with E-state index in [1.807, 2.05) is 0 Å². The standard InChI is InChI=1S/C12H21N5O2/c1-9(2)8-19-7-3-6-14-12(18)10-4-5-11(15-13)17-16-10/h4-5,9H,3,6-8,13H2,1-2H3,(H,14,18)(H,15,17). The fourth-order valence-corrected chi connectivity index (χ4v) is 1.32. The first kappa shape index (κ1) is 15.3. The number of amides is 1. The molecule has 7 nitrogen and oxygen atoms in total. The molecular weight excluding hydrogens is 246 g/mol. The van der Waals surface area contributed by atoms with Gasteiger partial charge in [0, 0.05) is 19.8 Å². The molecule has 7 heteroatoms. The lowest BCUT2D eigenvalue weighted by atomic mass is 10.2. The SMILES string of the molecule is CC(C)COCCCNC(=O)c1ccc(NN)nn1. The van der Waals surface area contributed by atoms with Gasteiger partial charge in [0.2, 0.25) is 0 Å². The summed E-state index contributed by atoms with van der Waals surface area (Å²) in [6.45, 7) is 6.13. The van der Waals surface area contributed by atoms with E-state index < -0.39 is 0 Å². The van der Waals surface area contributed by atoms with Crippen LogP contribution in [0.3, 0.4) is 0 Å². The van der Waals surface area contributed by atoms with Gasteiger partial charge in [0.05, 0.1) is 0 Å². The van der Waals surface area contributed by atoms with Crippen LogP contribution >= 0.6 is 0 Å². The van der Waals surface area contributed by atoms with Gasteiger partial charge in [0.15, 0.2) is 11.5 Å². The van der Waals surface area contributed by atoms with Crippen LogP contribution in [0.4, 0.5) is 5.82 Å². The van der Waals surface area contributed by atoms with Gasteiger partial charge in [-0.2, -0.15) is 0 Å². The lowest BCUT2D eigenvalue weighted by Crippen LogP contribution is -2.26. The van der Waals surface area contributed by atoms with Gasteiger partial charge in [-0.1, -0.05) is 13.8 Å². The minimum atomic E-state index is -0.250. The Balaban J connectivity index is 2.20. The van der Waals surface area contributed by atoms with E-state index in [2.05, 4.69) is 34.8 Å². The number of nitrogens with two attached hydrogens (primary N) is 1. The number of hydrogen-bond donors (Lipinski definition) is 3. The van der Waals surface area contributed by atoms with Crippen molar-refractivity contribution in [1.82, 2.24) is 15.5 Å². The Morgan fingerprint density at radius 3 is 2.79 bits per heavy atom. The van der Waals surface area contributed by atoms with Gasteiger partial charge < -0.3 is 15.5 Å². The Hall–Kier alpha value is -1.73. The van der Waals surface area contributed by atoms with Crippen LogP contribution in [-0.2, 0) is 4.74 Å². The first-order valence-corrected chi connectivity index (χ1v) is 6.29. The third-order valence-electron chi connectivity index (χ3n) is 2.25. The number of rotatable bonds is 8. The number of nitrogens with one attached hydrogen (secondary N) is 2. The van der Waals surface area contributed by atoms with E-state index in [9.17, 15) is 4.79 Å². The monoisotopic (exact) mass is 267 g/mol. The molecule has 0 unspecified atom stereocenters. The maximum absolute atomic E-state index is 11.7. The number of nitrogens with zero attached hydrogens (tertiary/aromatic N) is 2. The first-order chi connectivity index (χ1) is 9.13. The number of aromatic nitrogens is 2. The predicted molar refractivity (Wildman–Crippen MR) is 72.4 cm³/mol. The molecule has 0 bridgehead atoms. The molecule has 0 aliphatic heterocycles. The molecular formula is C12H21N5O2. The van der Waals surface area contributed by atoms with Crippen LogP contribution in [0.2, 0.25) is 0 Å². The predicted octanol–water partition coefficient (Wildman–Crippen LogP) is 0.555. The highest BCUT2D eigenvalue weighted by atomic mass is 16.5. The lowest BCUT2D eigenvalue weighted by molar-refractivity contribution is 0.0920. The van der Waals surface area contributed by atoms with Crippen LogP contribution in [0.5, 0.6) is 0 Å². The molecule has 4 N–H and O–H groups in total. The molecule has 19 heavy (non-hydrogen) atoms. The molecule has 0 radical (unpaired) electrons. The Labute approximate surface area is 112 Å². The van der Waals surface area contributed by atoms with E-state index in [4.69, 9.17) is 10.6 Å². The van der Waals surface area contributed by atoms with E-state index in [0.29, 0.717) is 24.9 Å². The summed E-state index contributed by atoms with van der Waals surface area (Å²) in [5.74, 6) is 5.85. The van der Waals surface area contributed by atoms with Crippen molar-refractivity contribution in [2.45, 2.75) is 20.3 Å². The minimum Gasteiger partial charge on any atom is -0.381 e. The largest absolute Gasteiger partial charge is 0.381 e. The van der Waals surface area contributed by atoms with Gasteiger partial charge in [-0.05, 0) is 24.5 Å². The summed E-state index contributed by atoms with van der Waals surface area (Å²) in [4.78, 5) is 11.7. The van der Waals surface area contributed by atoms with Crippen LogP contribution in [0, 0.1) is 5.92 Å². The van der Waals surface area contributed by atoms with E-state index in [1.165, 1.54) is 0 Å². The van der Waals surface area contributed by atoms with Crippen molar-refractivity contribution in [3.8, 4) is 0 Å². The average molecular weight is 267 g/mol. The second-order valence-electron chi connectivity index (χ2n) is 4.53. The third kappa shape index (κ3) is 6.12. The average Bonchev–Trinajstić information content (AvgIpc) is 2.42. The van der Waals surface area contributed by atoms with E-state index in [-0.39, 0.29) is 11.6 Å². The molecule has 0 fully saturated rings. The summed E-state index contributed by atoms with van der Waals surface area (Å²) in [6, 6.07) is 3.15. The van der Waals surface area contributed by atoms with Gasteiger partial charge in [-0.3, -0.25) is 4.79 Å². The normalized spacial score (nSPS) is 10.5. The maximum atomic E-state index is 11.7. The zero-order valence-corrected chi connectivity index (χ0v) is 11.3. The molecule has 0 aromatic carbocycles. The van der Waals surface area contributed by atoms with E-state index in [0.717, 1.165) is 13.0 Å². The molecule has 1 heterocycles. The molecule has 0 saturated carbocycles. The number of hydrogen-bond acceptors (Lipinski definition) is 6. The van der Waals surface area contributed by atoms with E-state index in [1.54, 1.807) is 12.1 Å². The van der Waals surface area contributed by atoms with Crippen molar-refractivity contribution in [2.24, 2.45) is 11.8 Å². The smallest absolute Gasteiger partial charge is 0.271 e. The first-order valence-electron chi connectivity index (χ1n) is 6.29. The molecule has 1 amide bonds. The summed E-state index contributed by atoms with van der Waals surface area (Å²) < 4.78 is 5.41. The van der Waals surface area contributed by atoms with Crippen molar-refractivity contribution in [3.63, 3.8) is 0 Å². The summed E-state index contributed by atoms with van der Waals surface area (Å²) in [5, 5.41) is 10.2. The minimum absolute atomic E-state index is 0.250. The van der Waals surface area contributed by atoms with Crippen molar-refractivity contribution in [1.29, 1.82) is 0 Å². The van der Waals surface area contributed by atoms with Gasteiger partial charge in [-0.15, -0.1) is 10.2 Å². The zero-order valence-electron chi connectivity index (χ0n) is 11.3. The summed E-state index contributed by atoms with van der Waals surface area (Å²) in [7, 11) is 0. The van der Waals surface area contributed by atoms with Gasteiger partial charge in [0.25, 0.3) is 5.91 Å². The van der Waals surface area contributed by atoms with Crippen LogP contribution < -0.4 is 16.6 Å². The number of hydrazine groups is 1. The number of ether oxygens (including phenoxy) is 1. The van der Waals surface area contributed by atoms with Crippen molar-refractivity contribution in [3.05, 3.63) is 17.8 Å². The maximum Gasteiger partial charge on any atom is 0.271 e. The van der Waals surface area contributed by atoms with Crippen LogP contribution in [0.15, 0.2) is 12.1 Å². The molecule has 106 valence electrons. The highest BCUT2D eigenvalue weighted by molar-refractivity contribution is 5.92. The molecule has 0 saturated heterocycles. The van der Waals surface area contributed by atoms with Crippen molar-refractivity contribution in [2.75, 3.05) is 25.2 Å². The molecule has 1 rings (SSSR count). The van der Waals surface area contributed by atoms with Gasteiger partial charge in [0.1, 0.15) is 0 Å². The number of anilines is 1. The third-order valence-corrected chi connectivity index (χ3v) is 2.25. The molecule has 0 aliphatic carbocycles. The summed E-state index contributed by atoms with van der Waals surface area (Å²) in [5.41, 5.74) is 2.61. The fourth-order valence-electron chi connectivity index (χ4n) is 1.32. The van der Waals surface area contributed by atoms with Crippen LogP contribution in [0.25, 0.3) is 0 Å². The summed E-state index contributed by atoms with van der Waals surface area (Å²) in [6.07, 6.45) is 0.772. The number of nitrogen functional groups attached to an aromatic ring is 1. The Bertz CT molecular complexity index is 380. The molecule has 0 atom stereocenters. The van der Waals surface area contributed by atoms with Crippen LogP contribution in [0.1, 0.15) is 30.8 Å². The summed E-state index contributed by atoms with van der Waals surface area (Å²) >= 11 is 0. The quantitative estimate of drug-likeness (QED) is 0.361. The Morgan fingerprint density at radius 1 is 1.42 bits per heavy atom. The topological polar surface area (TPSA) is 102 Å². The Morgan fingerprint density at radius 2 is 2.21 bits per heavy atom. The highest BCUT2D eigenvalue weighted by Crippen LogP contribution is 1.99. The number of carbonyl (C=O) groups excluding carboxylic acids is 1. The second-order valence-corrected chi connectivity index (χ2v) is 4.53. The molecule has 0 aliphatic rings. The molecule has 1 aromatic rings. The van der Waals surface area contributed by atoms with Gasteiger partial charge >= 0.3 is 0 Å². The second kappa shape index (κ2) is 8.39. The number of carbonyl (C=O) groups is 1. The van der Waals surface area contributed by atoms with Crippen molar-refractivity contribution >= 4 is 11.7 Å². The Kier molecular flexibility index (Phi) is 6.76. The lowest BCUT2D eigenvalue weighted by Gasteiger charge is -2.07. The zero-order chi connectivity index (χ0) is 14.1. The van der Waals surface area contributed by atoms with E-state index >= 15 is 0 Å². The van der Waals surface area contributed by atoms with Gasteiger partial charge in [-0.25, -0.2) is 5.84 Å². The fraction of sp³-hybridized carbons (Fsp3) is 0.583.